The molecule has 1 atom stereocenters. The Kier molecular flexibility index (Phi) is 5.59. The first-order valence-electron chi connectivity index (χ1n) is 11.3. The third kappa shape index (κ3) is 3.76. The van der Waals surface area contributed by atoms with Gasteiger partial charge in [0, 0.05) is 6.42 Å². The fraction of sp³-hybridized carbons (Fsp3) is 0.308. The second-order valence-electron chi connectivity index (χ2n) is 9.19. The number of hydrogen-bond donors (Lipinski definition) is 1. The van der Waals surface area contributed by atoms with Crippen molar-refractivity contribution in [1.82, 2.24) is 10.2 Å². The van der Waals surface area contributed by atoms with Gasteiger partial charge in [-0.15, -0.1) is 10.2 Å². The Bertz CT molecular complexity index is 1540. The predicted octanol–water partition coefficient (Wildman–Crippen LogP) is 4.92. The molecule has 0 saturated heterocycles. The lowest BCUT2D eigenvalue weighted by molar-refractivity contribution is 0.0970. The van der Waals surface area contributed by atoms with Crippen molar-refractivity contribution in [3.63, 3.8) is 0 Å². The first-order valence-corrected chi connectivity index (χ1v) is 12.1. The van der Waals surface area contributed by atoms with Gasteiger partial charge in [0.05, 0.1) is 24.1 Å². The number of hydrogen-bond acceptors (Lipinski definition) is 8. The lowest BCUT2D eigenvalue weighted by Crippen LogP contribution is -2.29. The number of phenolic OH excluding ortho intramolecular Hbond substituents is 1. The minimum atomic E-state index is -0.811. The summed E-state index contributed by atoms with van der Waals surface area (Å²) in [6, 6.07) is 7.54. The average molecular weight is 492 g/mol. The summed E-state index contributed by atoms with van der Waals surface area (Å²) >= 11 is 1.32. The van der Waals surface area contributed by atoms with Gasteiger partial charge in [-0.05, 0) is 60.7 Å². The van der Waals surface area contributed by atoms with E-state index in [0.29, 0.717) is 27.6 Å². The number of carbonyl (C=O) groups excluding carboxylic acids is 1. The summed E-state index contributed by atoms with van der Waals surface area (Å²) in [7, 11) is 1.44. The molecule has 1 aliphatic rings. The highest BCUT2D eigenvalue weighted by atomic mass is 32.1. The maximum absolute atomic E-state index is 13.8. The number of amides is 1. The van der Waals surface area contributed by atoms with Gasteiger partial charge in [0.2, 0.25) is 10.9 Å². The maximum atomic E-state index is 13.8. The second kappa shape index (κ2) is 8.49. The molecular weight excluding hydrogens is 466 g/mol. The molecule has 0 unspecified atom stereocenters. The van der Waals surface area contributed by atoms with Gasteiger partial charge >= 0.3 is 0 Å². The average Bonchev–Trinajstić information content (AvgIpc) is 3.37. The van der Waals surface area contributed by atoms with E-state index in [1.807, 2.05) is 13.8 Å². The van der Waals surface area contributed by atoms with Crippen LogP contribution in [0.2, 0.25) is 0 Å². The number of aromatic hydroxyl groups is 1. The molecule has 2 aromatic carbocycles. The van der Waals surface area contributed by atoms with Crippen LogP contribution in [0.3, 0.4) is 0 Å². The van der Waals surface area contributed by atoms with Crippen LogP contribution in [0.5, 0.6) is 11.5 Å². The van der Waals surface area contributed by atoms with E-state index in [2.05, 4.69) is 24.0 Å². The minimum absolute atomic E-state index is 0.0107. The molecule has 1 N–H and O–H groups in total. The summed E-state index contributed by atoms with van der Waals surface area (Å²) < 4.78 is 11.4. The molecule has 0 spiro atoms. The van der Waals surface area contributed by atoms with Crippen molar-refractivity contribution in [2.24, 2.45) is 5.92 Å². The van der Waals surface area contributed by atoms with Crippen molar-refractivity contribution in [3.8, 4) is 11.5 Å². The molecular formula is C26H25N3O5S. The minimum Gasteiger partial charge on any atom is -0.504 e. The van der Waals surface area contributed by atoms with E-state index < -0.39 is 11.9 Å². The normalized spacial score (nSPS) is 15.3. The lowest BCUT2D eigenvalue weighted by atomic mass is 9.97. The van der Waals surface area contributed by atoms with Crippen molar-refractivity contribution in [1.29, 1.82) is 0 Å². The van der Waals surface area contributed by atoms with Gasteiger partial charge in [-0.2, -0.15) is 0 Å². The standard InChI is InChI=1S/C26H25N3O5S/c1-12(2)8-20-27-28-26(35-20)29-22(15-6-7-17(30)19(11-15)33-5)21-23(31)16-9-13(3)14(4)10-18(16)34-24(21)25(29)32/h6-7,9-12,22,30H,8H2,1-5H3/t22-/m0/s1. The zero-order valence-corrected chi connectivity index (χ0v) is 20.9. The van der Waals surface area contributed by atoms with E-state index in [4.69, 9.17) is 9.15 Å². The highest BCUT2D eigenvalue weighted by Gasteiger charge is 2.45. The molecule has 3 heterocycles. The Balaban J connectivity index is 1.77. The maximum Gasteiger partial charge on any atom is 0.297 e. The van der Waals surface area contributed by atoms with Crippen LogP contribution in [0, 0.1) is 19.8 Å². The number of fused-ring (bicyclic) bond motifs is 2. The first kappa shape index (κ1) is 23.0. The molecule has 35 heavy (non-hydrogen) atoms. The second-order valence-corrected chi connectivity index (χ2v) is 10.2. The van der Waals surface area contributed by atoms with Crippen LogP contribution in [0.25, 0.3) is 11.0 Å². The number of carbonyl (C=O) groups is 1. The summed E-state index contributed by atoms with van der Waals surface area (Å²) in [5, 5.41) is 20.3. The van der Waals surface area contributed by atoms with Gasteiger partial charge in [0.25, 0.3) is 5.91 Å². The number of benzene rings is 2. The van der Waals surface area contributed by atoms with E-state index in [0.717, 1.165) is 22.6 Å². The largest absolute Gasteiger partial charge is 0.504 e. The van der Waals surface area contributed by atoms with E-state index in [1.54, 1.807) is 24.3 Å². The van der Waals surface area contributed by atoms with Gasteiger partial charge in [-0.1, -0.05) is 31.3 Å². The molecule has 1 amide bonds. The van der Waals surface area contributed by atoms with Crippen molar-refractivity contribution in [2.45, 2.75) is 40.2 Å². The van der Waals surface area contributed by atoms with Gasteiger partial charge < -0.3 is 14.3 Å². The van der Waals surface area contributed by atoms with Crippen molar-refractivity contribution in [2.75, 3.05) is 12.0 Å². The molecule has 1 aliphatic heterocycles. The van der Waals surface area contributed by atoms with Gasteiger partial charge in [0.15, 0.2) is 16.9 Å². The SMILES string of the molecule is COc1cc([C@H]2c3c(oc4cc(C)c(C)cc4c3=O)C(=O)N2c2nnc(CC(C)C)s2)ccc1O. The fourth-order valence-electron chi connectivity index (χ4n) is 4.38. The summed E-state index contributed by atoms with van der Waals surface area (Å²) in [5.41, 5.74) is 2.83. The number of aryl methyl sites for hydroxylation is 2. The Morgan fingerprint density at radius 1 is 1.14 bits per heavy atom. The zero-order valence-electron chi connectivity index (χ0n) is 20.1. The van der Waals surface area contributed by atoms with Crippen molar-refractivity contribution in [3.05, 3.63) is 73.6 Å². The van der Waals surface area contributed by atoms with Crippen LogP contribution in [0.1, 0.15) is 57.7 Å². The lowest BCUT2D eigenvalue weighted by Gasteiger charge is -2.22. The number of phenols is 1. The Morgan fingerprint density at radius 3 is 2.60 bits per heavy atom. The summed E-state index contributed by atoms with van der Waals surface area (Å²) in [6.07, 6.45) is 0.726. The van der Waals surface area contributed by atoms with Gasteiger partial charge in [-0.25, -0.2) is 0 Å². The molecule has 9 heteroatoms. The third-order valence-electron chi connectivity index (χ3n) is 6.25. The summed E-state index contributed by atoms with van der Waals surface area (Å²) in [6.45, 7) is 8.03. The zero-order chi connectivity index (χ0) is 25.0. The molecule has 2 aromatic heterocycles. The van der Waals surface area contributed by atoms with Crippen LogP contribution in [-0.2, 0) is 6.42 Å². The highest BCUT2D eigenvalue weighted by Crippen LogP contribution is 2.44. The van der Waals surface area contributed by atoms with Crippen LogP contribution < -0.4 is 15.1 Å². The van der Waals surface area contributed by atoms with E-state index >= 15 is 0 Å². The number of aromatic nitrogens is 2. The molecule has 0 aliphatic carbocycles. The van der Waals surface area contributed by atoms with Crippen LogP contribution in [0.4, 0.5) is 5.13 Å². The molecule has 180 valence electrons. The smallest absolute Gasteiger partial charge is 0.297 e. The molecule has 0 radical (unpaired) electrons. The summed E-state index contributed by atoms with van der Waals surface area (Å²) in [5.74, 6) is 0.0984. The van der Waals surface area contributed by atoms with Crippen LogP contribution in [0.15, 0.2) is 39.5 Å². The van der Waals surface area contributed by atoms with Crippen LogP contribution in [-0.4, -0.2) is 28.3 Å². The number of methoxy groups -OCH3 is 1. The number of anilines is 1. The fourth-order valence-corrected chi connectivity index (χ4v) is 5.46. The topological polar surface area (TPSA) is 106 Å². The van der Waals surface area contributed by atoms with E-state index in [9.17, 15) is 14.7 Å². The van der Waals surface area contributed by atoms with E-state index in [1.165, 1.54) is 29.4 Å². The Hall–Kier alpha value is -3.72. The Morgan fingerprint density at radius 2 is 1.89 bits per heavy atom. The van der Waals surface area contributed by atoms with Gasteiger partial charge in [-0.3, -0.25) is 14.5 Å². The Labute approximate surface area is 205 Å². The van der Waals surface area contributed by atoms with Crippen molar-refractivity contribution >= 4 is 33.3 Å². The van der Waals surface area contributed by atoms with Crippen LogP contribution >= 0.6 is 11.3 Å². The predicted molar refractivity (Wildman–Crippen MR) is 134 cm³/mol. The highest BCUT2D eigenvalue weighted by molar-refractivity contribution is 7.15. The van der Waals surface area contributed by atoms with E-state index in [-0.39, 0.29) is 28.3 Å². The molecule has 5 rings (SSSR count). The summed E-state index contributed by atoms with van der Waals surface area (Å²) in [4.78, 5) is 29.0. The number of ether oxygens (including phenoxy) is 1. The van der Waals surface area contributed by atoms with Crippen molar-refractivity contribution < 1.29 is 19.1 Å². The first-order chi connectivity index (χ1) is 16.7. The van der Waals surface area contributed by atoms with Gasteiger partial charge in [0.1, 0.15) is 10.6 Å². The number of rotatable bonds is 5. The molecule has 0 bridgehead atoms. The molecule has 0 saturated carbocycles. The number of nitrogens with zero attached hydrogens (tertiary/aromatic N) is 3. The quantitative estimate of drug-likeness (QED) is 0.422. The molecule has 4 aromatic rings. The molecule has 8 nitrogen and oxygen atoms in total. The third-order valence-corrected chi connectivity index (χ3v) is 7.20. The molecule has 0 fully saturated rings. The monoisotopic (exact) mass is 491 g/mol.